The Morgan fingerprint density at radius 2 is 0.734 bits per heavy atom. The third-order valence-electron chi connectivity index (χ3n) is 19.9. The second-order valence-corrected chi connectivity index (χ2v) is 47.5. The summed E-state index contributed by atoms with van der Waals surface area (Å²) >= 11 is 0. The lowest BCUT2D eigenvalue weighted by atomic mass is 9.79. The number of para-hydroxylation sites is 10. The van der Waals surface area contributed by atoms with Crippen molar-refractivity contribution in [1.82, 2.24) is 0 Å². The van der Waals surface area contributed by atoms with Crippen molar-refractivity contribution in [1.29, 1.82) is 0 Å². The predicted octanol–water partition coefficient (Wildman–Crippen LogP) is 34.6. The van der Waals surface area contributed by atoms with E-state index in [4.69, 9.17) is 8.85 Å². The number of anilines is 8. The first-order chi connectivity index (χ1) is 59.3. The molecule has 10 nitrogen and oxygen atoms in total. The van der Waals surface area contributed by atoms with Crippen LogP contribution in [-0.2, 0) is 6.42 Å². The standard InChI is InChI=1S/C27H42N2.C26H38N2.C23H34N2.C12H20N2.C10H14O2.5C4H10/c1-19-14-12-15-20(2)23(19)28-26(8,9)18-27(10,11)29(25(5,6)7)24-21(3)16-13-17-22(24)4;1-18-12-11-15-21-16-26(9,27-22(18)21)17-25(7,8)28(24(4,5)6)23-19(2)13-10-14-20(23)3;1-21(2,3)25(20-16-12-9-13-17-20)23(6,7)18-22(4,5)24-19-14-10-8-11-15-19;1-12(2,3)14(5)11-9-7-6-8-10(11)13-4;1-10(2,3)12-9-7-5-4-6-8(9)11;5*1-4(2)3/h12-17,28H,18H2,1-11H3;10-15,27H,16-17H2,1-9H3;8-17,24H,18H2,1-7H3;6-9,13H,1-5H3;4-7,11H,1-3H3;5*4H,1-3H3/i;1D3;;;;;;;;. The summed E-state index contributed by atoms with van der Waals surface area (Å²) in [5.41, 5.74) is 18.3. The number of nitrogens with one attached hydrogen (secondary N) is 4. The lowest BCUT2D eigenvalue weighted by Gasteiger charge is -2.52. The first kappa shape index (κ1) is 114. The van der Waals surface area contributed by atoms with Gasteiger partial charge in [0.15, 0.2) is 11.5 Å². The van der Waals surface area contributed by atoms with E-state index in [1.54, 1.807) is 24.3 Å². The van der Waals surface area contributed by atoms with Crippen LogP contribution in [0, 0.1) is 78.0 Å². The van der Waals surface area contributed by atoms with Crippen molar-refractivity contribution >= 4 is 45.5 Å². The highest BCUT2D eigenvalue weighted by Crippen LogP contribution is 2.47. The van der Waals surface area contributed by atoms with Crippen LogP contribution in [0.2, 0.25) is 0 Å². The van der Waals surface area contributed by atoms with Crippen molar-refractivity contribution in [2.45, 2.75) is 419 Å². The Kier molecular flexibility index (Phi) is 46.4. The molecule has 1 aliphatic heterocycles. The number of benzene rings is 8. The van der Waals surface area contributed by atoms with Gasteiger partial charge in [0.05, 0.1) is 11.4 Å². The monoisotopic (exact) mass is 1760 g/mol. The minimum Gasteiger partial charge on any atom is -0.504 e. The Morgan fingerprint density at radius 1 is 0.398 bits per heavy atom. The average molecular weight is 1760 g/mol. The molecule has 0 saturated heterocycles. The molecular formula is C118H198N8O2. The van der Waals surface area contributed by atoms with Crippen LogP contribution in [0.3, 0.4) is 0 Å². The molecule has 1 aliphatic rings. The van der Waals surface area contributed by atoms with Gasteiger partial charge in [0.1, 0.15) is 5.60 Å². The van der Waals surface area contributed by atoms with E-state index in [2.05, 4.69) is 492 Å². The number of aryl methyl sites for hydroxylation is 7. The van der Waals surface area contributed by atoms with Crippen LogP contribution < -0.4 is 45.6 Å². The highest BCUT2D eigenvalue weighted by molar-refractivity contribution is 5.71. The third kappa shape index (κ3) is 45.1. The summed E-state index contributed by atoms with van der Waals surface area (Å²) < 4.78 is 29.3. The Morgan fingerprint density at radius 3 is 1.11 bits per heavy atom. The zero-order chi connectivity index (χ0) is 102. The van der Waals surface area contributed by atoms with Gasteiger partial charge < -0.3 is 50.7 Å². The van der Waals surface area contributed by atoms with Crippen LogP contribution in [0.4, 0.5) is 45.5 Å². The molecule has 8 aromatic carbocycles. The first-order valence-electron chi connectivity index (χ1n) is 49.5. The van der Waals surface area contributed by atoms with Gasteiger partial charge >= 0.3 is 0 Å². The molecule has 1 heterocycles. The lowest BCUT2D eigenvalue weighted by molar-refractivity contribution is 0.126. The minimum absolute atomic E-state index is 0.00896. The molecule has 1 atom stereocenters. The molecular weight excluding hydrogens is 1560 g/mol. The van der Waals surface area contributed by atoms with E-state index in [0.29, 0.717) is 11.3 Å². The molecule has 0 saturated carbocycles. The number of ether oxygens (including phenoxy) is 1. The Balaban J connectivity index is 0.00000157. The van der Waals surface area contributed by atoms with E-state index in [9.17, 15) is 5.11 Å². The molecule has 10 heteroatoms. The number of hydrogen-bond donors (Lipinski definition) is 5. The largest absolute Gasteiger partial charge is 0.504 e. The normalized spacial score (nSPS) is 13.8. The summed E-state index contributed by atoms with van der Waals surface area (Å²) in [6, 6.07) is 61.8. The topological polar surface area (TPSA) is 90.5 Å². The van der Waals surface area contributed by atoms with Crippen molar-refractivity contribution in [2.75, 3.05) is 55.0 Å². The summed E-state index contributed by atoms with van der Waals surface area (Å²) in [7, 11) is 4.07. The number of rotatable bonds is 19. The zero-order valence-corrected chi connectivity index (χ0v) is 91.7. The summed E-state index contributed by atoms with van der Waals surface area (Å²) in [6.45, 7) is 102. The van der Waals surface area contributed by atoms with Crippen molar-refractivity contribution < 1.29 is 14.0 Å². The second-order valence-electron chi connectivity index (χ2n) is 47.5. The number of fused-ring (bicyclic) bond motifs is 1. The molecule has 5 N–H and O–H groups in total. The predicted molar refractivity (Wildman–Crippen MR) is 581 cm³/mol. The molecule has 128 heavy (non-hydrogen) atoms. The van der Waals surface area contributed by atoms with Crippen molar-refractivity contribution in [2.24, 2.45) is 29.6 Å². The maximum atomic E-state index is 9.35. The number of phenolic OH excluding ortho intramolecular Hbond substituents is 1. The Labute approximate surface area is 796 Å². The van der Waals surface area contributed by atoms with Crippen LogP contribution in [0.15, 0.2) is 182 Å². The summed E-state index contributed by atoms with van der Waals surface area (Å²) in [5.74, 6) is 4.89. The maximum Gasteiger partial charge on any atom is 0.161 e. The lowest BCUT2D eigenvalue weighted by Crippen LogP contribution is -2.58. The molecule has 8 aromatic rings. The summed E-state index contributed by atoms with van der Waals surface area (Å²) in [5, 5.41) is 23.8. The van der Waals surface area contributed by atoms with Gasteiger partial charge in [0.2, 0.25) is 0 Å². The fraction of sp³-hybridized carbons (Fsp3) is 0.593. The molecule has 0 aromatic heterocycles. The highest BCUT2D eigenvalue weighted by atomic mass is 16.5. The van der Waals surface area contributed by atoms with Crippen molar-refractivity contribution in [3.05, 3.63) is 226 Å². The van der Waals surface area contributed by atoms with E-state index in [-0.39, 0.29) is 66.7 Å². The highest BCUT2D eigenvalue weighted by Gasteiger charge is 2.46. The quantitative estimate of drug-likeness (QED) is 0.0539. The van der Waals surface area contributed by atoms with Gasteiger partial charge in [-0.25, -0.2) is 0 Å². The van der Waals surface area contributed by atoms with Gasteiger partial charge in [-0.15, -0.1) is 0 Å². The summed E-state index contributed by atoms with van der Waals surface area (Å²) in [4.78, 5) is 10.0. The Hall–Kier alpha value is -8.24. The van der Waals surface area contributed by atoms with E-state index >= 15 is 0 Å². The number of hydrogen-bond acceptors (Lipinski definition) is 10. The molecule has 1 unspecified atom stereocenters. The molecule has 0 radical (unpaired) electrons. The zero-order valence-electron chi connectivity index (χ0n) is 94.7. The molecule has 9 rings (SSSR count). The smallest absolute Gasteiger partial charge is 0.161 e. The number of nitrogens with zero attached hydrogens (tertiary/aromatic N) is 4. The van der Waals surface area contributed by atoms with Crippen LogP contribution in [0.25, 0.3) is 0 Å². The molecule has 0 spiro atoms. The maximum absolute atomic E-state index is 9.35. The van der Waals surface area contributed by atoms with Gasteiger partial charge in [-0.2, -0.15) is 0 Å². The van der Waals surface area contributed by atoms with Gasteiger partial charge in [0.25, 0.3) is 0 Å². The number of phenols is 1. The van der Waals surface area contributed by atoms with E-state index in [0.717, 1.165) is 66.5 Å². The van der Waals surface area contributed by atoms with Crippen LogP contribution in [0.5, 0.6) is 11.5 Å². The van der Waals surface area contributed by atoms with Gasteiger partial charge in [-0.1, -0.05) is 237 Å². The van der Waals surface area contributed by atoms with Crippen LogP contribution in [-0.4, -0.2) is 80.2 Å². The van der Waals surface area contributed by atoms with Crippen LogP contribution >= 0.6 is 0 Å². The van der Waals surface area contributed by atoms with Crippen molar-refractivity contribution in [3.8, 4) is 11.5 Å². The third-order valence-corrected chi connectivity index (χ3v) is 19.9. The van der Waals surface area contributed by atoms with Crippen molar-refractivity contribution in [3.63, 3.8) is 0 Å². The number of aromatic hydroxyl groups is 1. The van der Waals surface area contributed by atoms with Gasteiger partial charge in [0, 0.05) is 108 Å². The first-order valence-corrected chi connectivity index (χ1v) is 48.0. The molecule has 722 valence electrons. The van der Waals surface area contributed by atoms with Gasteiger partial charge in [-0.05, 0) is 377 Å². The fourth-order valence-electron chi connectivity index (χ4n) is 17.3. The molecule has 0 amide bonds. The van der Waals surface area contributed by atoms with Gasteiger partial charge in [-0.3, -0.25) is 0 Å². The second kappa shape index (κ2) is 52.1. The molecule has 0 fully saturated rings. The Bertz CT molecular complexity index is 4430. The SMILES string of the molecule is CC(C)(C)Oc1ccccc1O.CC(C)(CC(C)(C)N(c1ccccc1)C(C)(C)C)Nc1ccccc1.CC(C)C.CC(C)C.CC(C)C.CC(C)C.CC(C)C.CNc1ccccc1N(C)C(C)(C)C.Cc1cccc(C)c1NC(C)(C)CC(C)(C)N(c1c(C)cccc1C)C(C)(C)C.[2H]C([2H])([2H])c1cccc2c1NC(C)(CC(C)(C)N(c1c(C)cccc1C)C(C)(C)C)C2. The average Bonchev–Trinajstić information content (AvgIpc) is 1.67. The minimum atomic E-state index is -2.12. The molecule has 0 bridgehead atoms. The molecule has 0 aliphatic carbocycles. The van der Waals surface area contributed by atoms with E-state index in [1.807, 2.05) is 46.0 Å². The fourth-order valence-corrected chi connectivity index (χ4v) is 17.3. The summed E-state index contributed by atoms with van der Waals surface area (Å²) in [6.07, 6.45) is 3.72. The van der Waals surface area contributed by atoms with E-state index in [1.165, 1.54) is 73.2 Å². The van der Waals surface area contributed by atoms with E-state index < -0.39 is 6.85 Å². The van der Waals surface area contributed by atoms with Crippen LogP contribution in [0.1, 0.15) is 352 Å².